The molecule has 0 saturated carbocycles. The van der Waals surface area contributed by atoms with Gasteiger partial charge in [-0.25, -0.2) is 0 Å². The first-order valence-electron chi connectivity index (χ1n) is 6.58. The van der Waals surface area contributed by atoms with Gasteiger partial charge in [0.15, 0.2) is 0 Å². The molecule has 2 aromatic carbocycles. The molecule has 0 bridgehead atoms. The van der Waals surface area contributed by atoms with E-state index in [1.165, 1.54) is 22.5 Å². The van der Waals surface area contributed by atoms with Crippen molar-refractivity contribution in [1.29, 1.82) is 0 Å². The predicted octanol–water partition coefficient (Wildman–Crippen LogP) is 3.75. The summed E-state index contributed by atoms with van der Waals surface area (Å²) >= 11 is 6.35. The highest BCUT2D eigenvalue weighted by Crippen LogP contribution is 2.37. The molecule has 1 aliphatic heterocycles. The predicted molar refractivity (Wildman–Crippen MR) is 81.4 cm³/mol. The molecule has 1 aliphatic rings. The summed E-state index contributed by atoms with van der Waals surface area (Å²) in [4.78, 5) is 2.37. The maximum Gasteiger partial charge on any atom is 0.0471 e. The van der Waals surface area contributed by atoms with Gasteiger partial charge >= 0.3 is 0 Å². The molecule has 1 N–H and O–H groups in total. The molecule has 0 spiro atoms. The van der Waals surface area contributed by atoms with Crippen molar-refractivity contribution in [2.45, 2.75) is 13.0 Å². The van der Waals surface area contributed by atoms with E-state index in [4.69, 9.17) is 11.6 Å². The molecule has 2 aromatic rings. The number of nitrogens with zero attached hydrogens (tertiary/aromatic N) is 1. The second-order valence-corrected chi connectivity index (χ2v) is 5.21. The van der Waals surface area contributed by atoms with Crippen LogP contribution in [0.1, 0.15) is 11.1 Å². The molecule has 0 aromatic heterocycles. The molecule has 1 heterocycles. The fourth-order valence-electron chi connectivity index (χ4n) is 2.74. The first-order chi connectivity index (χ1) is 9.31. The van der Waals surface area contributed by atoms with Crippen LogP contribution in [0.15, 0.2) is 42.5 Å². The maximum atomic E-state index is 6.35. The Labute approximate surface area is 119 Å². The first kappa shape index (κ1) is 12.5. The molecule has 0 radical (unpaired) electrons. The van der Waals surface area contributed by atoms with E-state index in [-0.39, 0.29) is 0 Å². The lowest BCUT2D eigenvalue weighted by atomic mass is 10.1. The summed E-state index contributed by atoms with van der Waals surface area (Å²) in [5.41, 5.74) is 5.11. The van der Waals surface area contributed by atoms with E-state index in [2.05, 4.69) is 40.5 Å². The number of rotatable bonds is 3. The lowest BCUT2D eigenvalue weighted by molar-refractivity contribution is 0.813. The van der Waals surface area contributed by atoms with E-state index in [0.717, 1.165) is 24.5 Å². The molecular formula is C16H17ClN2. The van der Waals surface area contributed by atoms with Crippen molar-refractivity contribution in [2.75, 3.05) is 18.5 Å². The smallest absolute Gasteiger partial charge is 0.0471 e. The minimum Gasteiger partial charge on any atom is -0.341 e. The molecule has 98 valence electrons. The van der Waals surface area contributed by atoms with Crippen LogP contribution >= 0.6 is 11.6 Å². The van der Waals surface area contributed by atoms with Crippen molar-refractivity contribution in [1.82, 2.24) is 5.32 Å². The highest BCUT2D eigenvalue weighted by molar-refractivity contribution is 6.31. The van der Waals surface area contributed by atoms with Crippen LogP contribution in [0.5, 0.6) is 0 Å². The molecular weight excluding hydrogens is 256 g/mol. The number of benzene rings is 2. The van der Waals surface area contributed by atoms with Gasteiger partial charge in [0.25, 0.3) is 0 Å². The second kappa shape index (κ2) is 5.24. The SMILES string of the molecule is CNCc1c(Cl)cccc1N1CCc2ccccc21. The highest BCUT2D eigenvalue weighted by Gasteiger charge is 2.22. The van der Waals surface area contributed by atoms with Crippen molar-refractivity contribution in [3.8, 4) is 0 Å². The third-order valence-corrected chi connectivity index (χ3v) is 3.98. The van der Waals surface area contributed by atoms with Crippen molar-refractivity contribution in [3.63, 3.8) is 0 Å². The second-order valence-electron chi connectivity index (χ2n) is 4.80. The van der Waals surface area contributed by atoms with Gasteiger partial charge in [-0.3, -0.25) is 0 Å². The molecule has 0 amide bonds. The topological polar surface area (TPSA) is 15.3 Å². The van der Waals surface area contributed by atoms with Gasteiger partial charge in [0, 0.05) is 35.1 Å². The molecule has 3 heteroatoms. The van der Waals surface area contributed by atoms with Crippen LogP contribution < -0.4 is 10.2 Å². The maximum absolute atomic E-state index is 6.35. The average Bonchev–Trinajstić information content (AvgIpc) is 2.85. The lowest BCUT2D eigenvalue weighted by Gasteiger charge is -2.23. The number of para-hydroxylation sites is 1. The summed E-state index contributed by atoms with van der Waals surface area (Å²) in [6, 6.07) is 14.7. The van der Waals surface area contributed by atoms with Crippen molar-refractivity contribution in [3.05, 3.63) is 58.6 Å². The van der Waals surface area contributed by atoms with Crippen LogP contribution in [0.3, 0.4) is 0 Å². The average molecular weight is 273 g/mol. The fourth-order valence-corrected chi connectivity index (χ4v) is 2.98. The molecule has 0 fully saturated rings. The quantitative estimate of drug-likeness (QED) is 0.915. The van der Waals surface area contributed by atoms with Crippen molar-refractivity contribution < 1.29 is 0 Å². The monoisotopic (exact) mass is 272 g/mol. The summed E-state index contributed by atoms with van der Waals surface area (Å²) in [5, 5.41) is 4.03. The number of hydrogen-bond acceptors (Lipinski definition) is 2. The molecule has 2 nitrogen and oxygen atoms in total. The summed E-state index contributed by atoms with van der Waals surface area (Å²) in [5.74, 6) is 0. The first-order valence-corrected chi connectivity index (χ1v) is 6.96. The van der Waals surface area contributed by atoms with E-state index in [0.29, 0.717) is 0 Å². The molecule has 3 rings (SSSR count). The van der Waals surface area contributed by atoms with Gasteiger partial charge in [-0.05, 0) is 37.2 Å². The Balaban J connectivity index is 2.07. The number of halogens is 1. The normalized spacial score (nSPS) is 13.7. The summed E-state index contributed by atoms with van der Waals surface area (Å²) in [6.07, 6.45) is 1.10. The number of nitrogens with one attached hydrogen (secondary N) is 1. The number of hydrogen-bond donors (Lipinski definition) is 1. The van der Waals surface area contributed by atoms with E-state index in [1.54, 1.807) is 0 Å². The van der Waals surface area contributed by atoms with Crippen LogP contribution in [0, 0.1) is 0 Å². The van der Waals surface area contributed by atoms with Crippen LogP contribution in [-0.4, -0.2) is 13.6 Å². The molecule has 0 atom stereocenters. The standard InChI is InChI=1S/C16H17ClN2/c1-18-11-13-14(17)6-4-8-16(13)19-10-9-12-5-2-3-7-15(12)19/h2-8,18H,9-11H2,1H3. The van der Waals surface area contributed by atoms with E-state index in [9.17, 15) is 0 Å². The molecule has 19 heavy (non-hydrogen) atoms. The Bertz CT molecular complexity index is 595. The molecule has 0 saturated heterocycles. The van der Waals surface area contributed by atoms with E-state index < -0.39 is 0 Å². The third kappa shape index (κ3) is 2.22. The van der Waals surface area contributed by atoms with E-state index >= 15 is 0 Å². The van der Waals surface area contributed by atoms with Gasteiger partial charge in [0.1, 0.15) is 0 Å². The Morgan fingerprint density at radius 2 is 1.89 bits per heavy atom. The van der Waals surface area contributed by atoms with Crippen LogP contribution in [-0.2, 0) is 13.0 Å². The fraction of sp³-hybridized carbons (Fsp3) is 0.250. The Morgan fingerprint density at radius 1 is 1.11 bits per heavy atom. The zero-order chi connectivity index (χ0) is 13.2. The Morgan fingerprint density at radius 3 is 2.74 bits per heavy atom. The molecule has 0 aliphatic carbocycles. The molecule has 0 unspecified atom stereocenters. The minimum absolute atomic E-state index is 0.785. The van der Waals surface area contributed by atoms with Crippen LogP contribution in [0.4, 0.5) is 11.4 Å². The van der Waals surface area contributed by atoms with Gasteiger partial charge in [0.05, 0.1) is 0 Å². The Kier molecular flexibility index (Phi) is 3.45. The zero-order valence-electron chi connectivity index (χ0n) is 11.0. The van der Waals surface area contributed by atoms with E-state index in [1.807, 2.05) is 19.2 Å². The summed E-state index contributed by atoms with van der Waals surface area (Å²) < 4.78 is 0. The van der Waals surface area contributed by atoms with Crippen molar-refractivity contribution in [2.24, 2.45) is 0 Å². The van der Waals surface area contributed by atoms with Gasteiger partial charge in [-0.15, -0.1) is 0 Å². The third-order valence-electron chi connectivity index (χ3n) is 3.63. The van der Waals surface area contributed by atoms with Gasteiger partial charge < -0.3 is 10.2 Å². The number of fused-ring (bicyclic) bond motifs is 1. The van der Waals surface area contributed by atoms with Gasteiger partial charge in [0.2, 0.25) is 0 Å². The summed E-state index contributed by atoms with van der Waals surface area (Å²) in [7, 11) is 1.95. The lowest BCUT2D eigenvalue weighted by Crippen LogP contribution is -2.17. The highest BCUT2D eigenvalue weighted by atomic mass is 35.5. The minimum atomic E-state index is 0.785. The van der Waals surface area contributed by atoms with Gasteiger partial charge in [-0.1, -0.05) is 35.9 Å². The van der Waals surface area contributed by atoms with Crippen molar-refractivity contribution >= 4 is 23.0 Å². The summed E-state index contributed by atoms with van der Waals surface area (Å²) in [6.45, 7) is 1.81. The zero-order valence-corrected chi connectivity index (χ0v) is 11.7. The van der Waals surface area contributed by atoms with Gasteiger partial charge in [-0.2, -0.15) is 0 Å². The largest absolute Gasteiger partial charge is 0.341 e. The van der Waals surface area contributed by atoms with Crippen LogP contribution in [0.2, 0.25) is 5.02 Å². The Hall–Kier alpha value is -1.51. The van der Waals surface area contributed by atoms with Crippen LogP contribution in [0.25, 0.3) is 0 Å². The number of anilines is 2.